The molecule has 0 unspecified atom stereocenters. The van der Waals surface area contributed by atoms with Crippen LogP contribution in [-0.4, -0.2) is 5.84 Å². The maximum atomic E-state index is 12.6. The Morgan fingerprint density at radius 2 is 2.15 bits per heavy atom. The highest BCUT2D eigenvalue weighted by atomic mass is 32.1. The summed E-state index contributed by atoms with van der Waals surface area (Å²) in [6.45, 7) is 4.51. The second kappa shape index (κ2) is 4.42. The van der Waals surface area contributed by atoms with Crippen molar-refractivity contribution in [1.29, 1.82) is 5.41 Å². The Kier molecular flexibility index (Phi) is 2.94. The number of nitrogen functional groups attached to an aromatic ring is 1. The molecule has 3 N–H and O–H groups in total. The third-order valence-corrected chi connectivity index (χ3v) is 5.27. The second-order valence-electron chi connectivity index (χ2n) is 6.30. The summed E-state index contributed by atoms with van der Waals surface area (Å²) in [6, 6.07) is 5.44. The molecule has 0 atom stereocenters. The zero-order chi connectivity index (χ0) is 14.5. The summed E-state index contributed by atoms with van der Waals surface area (Å²) in [6.07, 6.45) is 2.91. The lowest BCUT2D eigenvalue weighted by molar-refractivity contribution is 0.318. The number of fused-ring (bicyclic) bond motifs is 2. The fourth-order valence-corrected chi connectivity index (χ4v) is 4.33. The van der Waals surface area contributed by atoms with Crippen molar-refractivity contribution in [3.05, 3.63) is 44.4 Å². The number of benzene rings is 1. The molecule has 0 spiro atoms. The van der Waals surface area contributed by atoms with Crippen LogP contribution in [0.25, 0.3) is 10.1 Å². The Labute approximate surface area is 121 Å². The number of hydrogen-bond donors (Lipinski definition) is 2. The predicted molar refractivity (Wildman–Crippen MR) is 84.9 cm³/mol. The van der Waals surface area contributed by atoms with E-state index in [1.807, 2.05) is 12.1 Å². The van der Waals surface area contributed by atoms with E-state index in [2.05, 4.69) is 13.8 Å². The molecule has 0 amide bonds. The highest BCUT2D eigenvalue weighted by Crippen LogP contribution is 2.37. The minimum Gasteiger partial charge on any atom is -0.384 e. The normalized spacial score (nSPS) is 16.9. The summed E-state index contributed by atoms with van der Waals surface area (Å²) in [5.41, 5.74) is 7.65. The monoisotopic (exact) mass is 286 g/mol. The van der Waals surface area contributed by atoms with E-state index in [-0.39, 0.29) is 16.7 Å². The molecule has 1 aliphatic carbocycles. The first kappa shape index (κ1) is 13.3. The van der Waals surface area contributed by atoms with E-state index in [1.54, 1.807) is 17.4 Å². The number of amidine groups is 1. The van der Waals surface area contributed by atoms with Crippen LogP contribution in [0.1, 0.15) is 36.3 Å². The van der Waals surface area contributed by atoms with E-state index in [9.17, 15) is 4.79 Å². The lowest BCUT2D eigenvalue weighted by atomic mass is 9.77. The Bertz CT molecular complexity index is 774. The lowest BCUT2D eigenvalue weighted by Gasteiger charge is -2.30. The fraction of sp³-hybridized carbons (Fsp3) is 0.375. The van der Waals surface area contributed by atoms with Gasteiger partial charge in [-0.2, -0.15) is 0 Å². The van der Waals surface area contributed by atoms with Gasteiger partial charge < -0.3 is 5.73 Å². The molecule has 1 aromatic carbocycles. The Morgan fingerprint density at radius 3 is 2.85 bits per heavy atom. The van der Waals surface area contributed by atoms with Crippen molar-refractivity contribution in [2.24, 2.45) is 11.1 Å². The average molecular weight is 286 g/mol. The van der Waals surface area contributed by atoms with Crippen molar-refractivity contribution >= 4 is 27.3 Å². The van der Waals surface area contributed by atoms with Crippen molar-refractivity contribution < 1.29 is 0 Å². The zero-order valence-electron chi connectivity index (χ0n) is 11.7. The summed E-state index contributed by atoms with van der Waals surface area (Å²) in [5, 5.41) is 8.28. The van der Waals surface area contributed by atoms with Crippen LogP contribution in [0.3, 0.4) is 0 Å². The molecule has 1 aromatic heterocycles. The minimum atomic E-state index is 0.0459. The Hall–Kier alpha value is -1.68. The first-order valence-corrected chi connectivity index (χ1v) is 7.62. The topological polar surface area (TPSA) is 66.9 Å². The van der Waals surface area contributed by atoms with Gasteiger partial charge >= 0.3 is 0 Å². The van der Waals surface area contributed by atoms with Crippen LogP contribution in [0.5, 0.6) is 0 Å². The van der Waals surface area contributed by atoms with E-state index in [0.717, 1.165) is 34.9 Å². The third-order valence-electron chi connectivity index (χ3n) is 4.07. The molecule has 3 nitrogen and oxygen atoms in total. The van der Waals surface area contributed by atoms with Crippen molar-refractivity contribution in [3.8, 4) is 0 Å². The van der Waals surface area contributed by atoms with E-state index in [0.29, 0.717) is 5.56 Å². The van der Waals surface area contributed by atoms with Crippen LogP contribution in [-0.2, 0) is 12.8 Å². The summed E-state index contributed by atoms with van der Waals surface area (Å²) in [7, 11) is 0. The average Bonchev–Trinajstić information content (AvgIpc) is 2.36. The summed E-state index contributed by atoms with van der Waals surface area (Å²) in [5.74, 6) is 0.0459. The van der Waals surface area contributed by atoms with Crippen LogP contribution in [0.2, 0.25) is 0 Å². The van der Waals surface area contributed by atoms with E-state index in [1.165, 1.54) is 4.88 Å². The lowest BCUT2D eigenvalue weighted by Crippen LogP contribution is -2.26. The Balaban J connectivity index is 2.26. The van der Waals surface area contributed by atoms with Gasteiger partial charge in [-0.15, -0.1) is 11.3 Å². The first-order chi connectivity index (χ1) is 9.37. The number of nitrogens with one attached hydrogen (secondary N) is 1. The quantitative estimate of drug-likeness (QED) is 0.625. The van der Waals surface area contributed by atoms with E-state index in [4.69, 9.17) is 11.1 Å². The molecule has 0 radical (unpaired) electrons. The molecule has 1 aliphatic rings. The van der Waals surface area contributed by atoms with Crippen LogP contribution >= 0.6 is 11.3 Å². The highest BCUT2D eigenvalue weighted by Gasteiger charge is 2.28. The molecule has 0 saturated carbocycles. The number of rotatable bonds is 1. The summed E-state index contributed by atoms with van der Waals surface area (Å²) < 4.78 is 0.944. The van der Waals surface area contributed by atoms with Gasteiger partial charge in [-0.05, 0) is 36.8 Å². The van der Waals surface area contributed by atoms with Crippen LogP contribution in [0.4, 0.5) is 0 Å². The second-order valence-corrected chi connectivity index (χ2v) is 7.44. The van der Waals surface area contributed by atoms with Crippen LogP contribution in [0, 0.1) is 10.8 Å². The van der Waals surface area contributed by atoms with E-state index < -0.39 is 0 Å². The molecule has 0 aliphatic heterocycles. The SMILES string of the molecule is CC1(C)CCc2c(sc3cc(C(=N)N)ccc3c2=O)C1. The van der Waals surface area contributed by atoms with Crippen LogP contribution < -0.4 is 11.2 Å². The van der Waals surface area contributed by atoms with Crippen molar-refractivity contribution in [3.63, 3.8) is 0 Å². The van der Waals surface area contributed by atoms with Gasteiger partial charge in [-0.1, -0.05) is 19.9 Å². The van der Waals surface area contributed by atoms with E-state index >= 15 is 0 Å². The first-order valence-electron chi connectivity index (χ1n) is 6.80. The van der Waals surface area contributed by atoms with Crippen molar-refractivity contribution in [2.75, 3.05) is 0 Å². The fourth-order valence-electron chi connectivity index (χ4n) is 2.83. The number of hydrogen-bond acceptors (Lipinski definition) is 3. The molecule has 0 saturated heterocycles. The standard InChI is InChI=1S/C16H18N2OS/c1-16(2)6-5-11-13(8-16)20-12-7-9(15(17)18)3-4-10(12)14(11)19/h3-4,7H,5-6,8H2,1-2H3,(H3,17,18). The minimum absolute atomic E-state index is 0.0459. The Morgan fingerprint density at radius 1 is 1.40 bits per heavy atom. The van der Waals surface area contributed by atoms with Gasteiger partial charge in [0.1, 0.15) is 5.84 Å². The highest BCUT2D eigenvalue weighted by molar-refractivity contribution is 7.18. The smallest absolute Gasteiger partial charge is 0.191 e. The van der Waals surface area contributed by atoms with Gasteiger partial charge in [0.05, 0.1) is 0 Å². The molecule has 104 valence electrons. The molecule has 2 aromatic rings. The predicted octanol–water partition coefficient (Wildman–Crippen LogP) is 3.06. The molecule has 20 heavy (non-hydrogen) atoms. The van der Waals surface area contributed by atoms with Crippen LogP contribution in [0.15, 0.2) is 23.0 Å². The van der Waals surface area contributed by atoms with Gasteiger partial charge in [0, 0.05) is 26.1 Å². The largest absolute Gasteiger partial charge is 0.384 e. The third kappa shape index (κ3) is 2.14. The van der Waals surface area contributed by atoms with Gasteiger partial charge in [-0.25, -0.2) is 0 Å². The maximum absolute atomic E-state index is 12.6. The van der Waals surface area contributed by atoms with Gasteiger partial charge in [0.25, 0.3) is 0 Å². The number of nitrogens with two attached hydrogens (primary N) is 1. The molecule has 0 fully saturated rings. The summed E-state index contributed by atoms with van der Waals surface area (Å²) >= 11 is 1.69. The van der Waals surface area contributed by atoms with Crippen molar-refractivity contribution in [2.45, 2.75) is 33.1 Å². The van der Waals surface area contributed by atoms with Gasteiger partial charge in [0.2, 0.25) is 0 Å². The molecular weight excluding hydrogens is 268 g/mol. The van der Waals surface area contributed by atoms with Crippen molar-refractivity contribution in [1.82, 2.24) is 0 Å². The molecule has 0 bridgehead atoms. The molecule has 1 heterocycles. The zero-order valence-corrected chi connectivity index (χ0v) is 12.6. The molecule has 3 rings (SSSR count). The molecule has 4 heteroatoms. The van der Waals surface area contributed by atoms with Gasteiger partial charge in [-0.3, -0.25) is 10.2 Å². The molecular formula is C16H18N2OS. The van der Waals surface area contributed by atoms with Gasteiger partial charge in [0.15, 0.2) is 5.43 Å². The summed E-state index contributed by atoms with van der Waals surface area (Å²) in [4.78, 5) is 13.8. The maximum Gasteiger partial charge on any atom is 0.191 e.